The Hall–Kier alpha value is -1.16. The molecule has 3 nitrogen and oxygen atoms in total. The maximum atomic E-state index is 5.22. The van der Waals surface area contributed by atoms with Gasteiger partial charge in [-0.1, -0.05) is 29.8 Å². The van der Waals surface area contributed by atoms with Gasteiger partial charge in [0.15, 0.2) is 0 Å². The highest BCUT2D eigenvalue weighted by Gasteiger charge is 2.03. The normalized spacial score (nSPS) is 10.4. The minimum Gasteiger partial charge on any atom is -0.415 e. The van der Waals surface area contributed by atoms with E-state index in [2.05, 4.69) is 45.2 Å². The molecule has 4 heteroatoms. The van der Waals surface area contributed by atoms with Gasteiger partial charge in [0.25, 0.3) is 4.80 Å². The van der Waals surface area contributed by atoms with Gasteiger partial charge in [0.05, 0.1) is 6.42 Å². The van der Waals surface area contributed by atoms with Crippen LogP contribution in [0.5, 0.6) is 0 Å². The van der Waals surface area contributed by atoms with Crippen LogP contribution in [-0.2, 0) is 6.42 Å². The standard InChI is InChI=1S/C10H9BrN2O/c1-7-3-2-4-8(5-7)6-9-12-13-10(11)14-9/h2-5H,6H2,1H3. The Labute approximate surface area is 90.3 Å². The Morgan fingerprint density at radius 2 is 2.21 bits per heavy atom. The van der Waals surface area contributed by atoms with Crippen LogP contribution in [0.4, 0.5) is 0 Å². The van der Waals surface area contributed by atoms with Crippen molar-refractivity contribution in [1.82, 2.24) is 10.2 Å². The number of aromatic nitrogens is 2. The molecule has 1 heterocycles. The summed E-state index contributed by atoms with van der Waals surface area (Å²) in [5, 5.41) is 7.61. The molecule has 0 saturated carbocycles. The van der Waals surface area contributed by atoms with E-state index in [0.717, 1.165) is 0 Å². The van der Waals surface area contributed by atoms with Crippen molar-refractivity contribution >= 4 is 15.9 Å². The first-order valence-corrected chi connectivity index (χ1v) is 5.07. The number of rotatable bonds is 2. The van der Waals surface area contributed by atoms with Gasteiger partial charge in [-0.2, -0.15) is 0 Å². The van der Waals surface area contributed by atoms with Crippen LogP contribution in [0.1, 0.15) is 17.0 Å². The van der Waals surface area contributed by atoms with E-state index in [1.54, 1.807) is 0 Å². The SMILES string of the molecule is Cc1cccc(Cc2nnc(Br)o2)c1. The lowest BCUT2D eigenvalue weighted by Gasteiger charge is -1.97. The van der Waals surface area contributed by atoms with Crippen LogP contribution in [0, 0.1) is 6.92 Å². The second kappa shape index (κ2) is 3.92. The fourth-order valence-electron chi connectivity index (χ4n) is 1.30. The minimum atomic E-state index is 0.431. The Bertz CT molecular complexity index is 439. The van der Waals surface area contributed by atoms with Gasteiger partial charge in [-0.05, 0) is 12.5 Å². The van der Waals surface area contributed by atoms with E-state index in [1.165, 1.54) is 11.1 Å². The summed E-state index contributed by atoms with van der Waals surface area (Å²) in [6.45, 7) is 2.06. The average Bonchev–Trinajstić information content (AvgIpc) is 2.51. The second-order valence-electron chi connectivity index (χ2n) is 3.11. The Kier molecular flexibility index (Phi) is 2.63. The van der Waals surface area contributed by atoms with Crippen LogP contribution < -0.4 is 0 Å². The average molecular weight is 253 g/mol. The number of hydrogen-bond donors (Lipinski definition) is 0. The van der Waals surface area contributed by atoms with Gasteiger partial charge in [0.2, 0.25) is 5.89 Å². The topological polar surface area (TPSA) is 38.9 Å². The summed E-state index contributed by atoms with van der Waals surface area (Å²) in [6, 6.07) is 8.24. The van der Waals surface area contributed by atoms with Gasteiger partial charge in [0, 0.05) is 15.9 Å². The molecule has 0 radical (unpaired) electrons. The highest BCUT2D eigenvalue weighted by Crippen LogP contribution is 2.12. The van der Waals surface area contributed by atoms with Crippen molar-refractivity contribution < 1.29 is 4.42 Å². The van der Waals surface area contributed by atoms with Crippen molar-refractivity contribution in [2.24, 2.45) is 0 Å². The van der Waals surface area contributed by atoms with Crippen LogP contribution in [0.25, 0.3) is 0 Å². The molecule has 1 aromatic carbocycles. The minimum absolute atomic E-state index is 0.431. The summed E-state index contributed by atoms with van der Waals surface area (Å²) in [6.07, 6.45) is 0.681. The van der Waals surface area contributed by atoms with Crippen molar-refractivity contribution in [2.75, 3.05) is 0 Å². The first-order chi connectivity index (χ1) is 6.74. The monoisotopic (exact) mass is 252 g/mol. The van der Waals surface area contributed by atoms with Crippen LogP contribution in [0.2, 0.25) is 0 Å². The third-order valence-electron chi connectivity index (χ3n) is 1.88. The lowest BCUT2D eigenvalue weighted by atomic mass is 10.1. The van der Waals surface area contributed by atoms with Crippen molar-refractivity contribution in [2.45, 2.75) is 13.3 Å². The maximum absolute atomic E-state index is 5.22. The maximum Gasteiger partial charge on any atom is 0.284 e. The van der Waals surface area contributed by atoms with Crippen LogP contribution in [-0.4, -0.2) is 10.2 Å². The third kappa shape index (κ3) is 2.20. The molecule has 0 N–H and O–H groups in total. The molecule has 14 heavy (non-hydrogen) atoms. The fraction of sp³-hybridized carbons (Fsp3) is 0.200. The van der Waals surface area contributed by atoms with E-state index >= 15 is 0 Å². The zero-order valence-electron chi connectivity index (χ0n) is 7.70. The van der Waals surface area contributed by atoms with Crippen LogP contribution in [0.3, 0.4) is 0 Å². The summed E-state index contributed by atoms with van der Waals surface area (Å²) in [5.41, 5.74) is 2.42. The van der Waals surface area contributed by atoms with Crippen molar-refractivity contribution in [3.63, 3.8) is 0 Å². The predicted molar refractivity (Wildman–Crippen MR) is 56.0 cm³/mol. The highest BCUT2D eigenvalue weighted by molar-refractivity contribution is 9.10. The van der Waals surface area contributed by atoms with Crippen LogP contribution >= 0.6 is 15.9 Å². The van der Waals surface area contributed by atoms with E-state index in [0.29, 0.717) is 17.1 Å². The van der Waals surface area contributed by atoms with Gasteiger partial charge in [0.1, 0.15) is 0 Å². The van der Waals surface area contributed by atoms with Gasteiger partial charge in [-0.25, -0.2) is 0 Å². The molecule has 0 fully saturated rings. The summed E-state index contributed by atoms with van der Waals surface area (Å²) < 4.78 is 5.22. The van der Waals surface area contributed by atoms with E-state index < -0.39 is 0 Å². The van der Waals surface area contributed by atoms with E-state index in [1.807, 2.05) is 12.1 Å². The zero-order chi connectivity index (χ0) is 9.97. The molecule has 2 aromatic rings. The van der Waals surface area contributed by atoms with Crippen molar-refractivity contribution in [3.8, 4) is 0 Å². The van der Waals surface area contributed by atoms with Crippen molar-refractivity contribution in [1.29, 1.82) is 0 Å². The van der Waals surface area contributed by atoms with Gasteiger partial charge >= 0.3 is 0 Å². The fourth-order valence-corrected chi connectivity index (χ4v) is 1.57. The van der Waals surface area contributed by atoms with E-state index in [-0.39, 0.29) is 0 Å². The lowest BCUT2D eigenvalue weighted by molar-refractivity contribution is 0.482. The molecule has 0 saturated heterocycles. The number of halogens is 1. The zero-order valence-corrected chi connectivity index (χ0v) is 9.28. The lowest BCUT2D eigenvalue weighted by Crippen LogP contribution is -1.88. The summed E-state index contributed by atoms with van der Waals surface area (Å²) in [7, 11) is 0. The summed E-state index contributed by atoms with van der Waals surface area (Å²) in [4.78, 5) is 0.431. The molecule has 0 spiro atoms. The van der Waals surface area contributed by atoms with Crippen molar-refractivity contribution in [3.05, 3.63) is 46.1 Å². The molecular weight excluding hydrogens is 244 g/mol. The molecular formula is C10H9BrN2O. The molecule has 0 aliphatic carbocycles. The molecule has 0 aliphatic heterocycles. The van der Waals surface area contributed by atoms with Gasteiger partial charge in [-0.15, -0.1) is 10.2 Å². The summed E-state index contributed by atoms with van der Waals surface area (Å²) in [5.74, 6) is 0.627. The van der Waals surface area contributed by atoms with E-state index in [4.69, 9.17) is 4.42 Å². The van der Waals surface area contributed by atoms with Gasteiger partial charge in [-0.3, -0.25) is 0 Å². The number of aryl methyl sites for hydroxylation is 1. The molecule has 0 atom stereocenters. The second-order valence-corrected chi connectivity index (χ2v) is 3.79. The quantitative estimate of drug-likeness (QED) is 0.825. The molecule has 0 unspecified atom stereocenters. The Morgan fingerprint density at radius 3 is 2.86 bits per heavy atom. The first kappa shape index (κ1) is 9.40. The number of hydrogen-bond acceptors (Lipinski definition) is 3. The molecule has 72 valence electrons. The van der Waals surface area contributed by atoms with Gasteiger partial charge < -0.3 is 4.42 Å². The van der Waals surface area contributed by atoms with E-state index in [9.17, 15) is 0 Å². The molecule has 0 aliphatic rings. The largest absolute Gasteiger partial charge is 0.415 e. The number of nitrogens with zero attached hydrogens (tertiary/aromatic N) is 2. The molecule has 1 aromatic heterocycles. The van der Waals surface area contributed by atoms with Crippen LogP contribution in [0.15, 0.2) is 33.5 Å². The molecule has 0 bridgehead atoms. The molecule has 0 amide bonds. The summed E-state index contributed by atoms with van der Waals surface area (Å²) >= 11 is 3.12. The first-order valence-electron chi connectivity index (χ1n) is 4.27. The predicted octanol–water partition coefficient (Wildman–Crippen LogP) is 2.73. The highest BCUT2D eigenvalue weighted by atomic mass is 79.9. The number of benzene rings is 1. The Balaban J connectivity index is 2.18. The Morgan fingerprint density at radius 1 is 1.36 bits per heavy atom. The smallest absolute Gasteiger partial charge is 0.284 e. The third-order valence-corrected chi connectivity index (χ3v) is 2.20. The molecule has 2 rings (SSSR count).